The van der Waals surface area contributed by atoms with Gasteiger partial charge < -0.3 is 10.6 Å². The molecule has 1 aromatic heterocycles. The van der Waals surface area contributed by atoms with Crippen LogP contribution in [0.1, 0.15) is 54.4 Å². The summed E-state index contributed by atoms with van der Waals surface area (Å²) in [6, 6.07) is 12.1. The van der Waals surface area contributed by atoms with E-state index in [1.54, 1.807) is 12.4 Å². The summed E-state index contributed by atoms with van der Waals surface area (Å²) in [5, 5.41) is 0.759. The largest absolute Gasteiger partial charge is 0.335 e. The molecule has 4 nitrogen and oxygen atoms in total. The Hall–Kier alpha value is -1.91. The summed E-state index contributed by atoms with van der Waals surface area (Å²) in [5.41, 5.74) is 8.13. The number of nitrogens with two attached hydrogens (primary N) is 1. The molecule has 0 bridgehead atoms. The highest BCUT2D eigenvalue weighted by molar-refractivity contribution is 6.30. The predicted molar refractivity (Wildman–Crippen MR) is 112 cm³/mol. The molecule has 0 unspecified atom stereocenters. The molecular weight excluding hydrogens is 370 g/mol. The Morgan fingerprint density at radius 2 is 1.96 bits per heavy atom. The van der Waals surface area contributed by atoms with Gasteiger partial charge in [0.15, 0.2) is 0 Å². The molecule has 1 aromatic carbocycles. The molecule has 0 spiro atoms. The highest BCUT2D eigenvalue weighted by Gasteiger charge is 2.40. The van der Waals surface area contributed by atoms with Crippen LogP contribution in [-0.4, -0.2) is 34.9 Å². The number of benzene rings is 1. The minimum atomic E-state index is -0.0377. The van der Waals surface area contributed by atoms with Gasteiger partial charge in [0.2, 0.25) is 0 Å². The molecule has 0 radical (unpaired) electrons. The maximum atomic E-state index is 13.2. The topological polar surface area (TPSA) is 59.2 Å². The van der Waals surface area contributed by atoms with Crippen LogP contribution in [-0.2, 0) is 5.41 Å². The Labute approximate surface area is 172 Å². The molecule has 0 atom stereocenters. The number of rotatable bonds is 6. The summed E-state index contributed by atoms with van der Waals surface area (Å²) in [6.07, 6.45) is 9.78. The third-order valence-electron chi connectivity index (χ3n) is 6.50. The van der Waals surface area contributed by atoms with Crippen molar-refractivity contribution in [3.63, 3.8) is 0 Å². The van der Waals surface area contributed by atoms with Gasteiger partial charge in [-0.25, -0.2) is 0 Å². The van der Waals surface area contributed by atoms with E-state index < -0.39 is 0 Å². The van der Waals surface area contributed by atoms with Crippen molar-refractivity contribution in [3.8, 4) is 0 Å². The molecule has 2 aliphatic rings. The molecule has 5 heteroatoms. The first-order valence-corrected chi connectivity index (χ1v) is 10.7. The Balaban J connectivity index is 1.51. The van der Waals surface area contributed by atoms with Crippen molar-refractivity contribution >= 4 is 17.5 Å². The molecule has 2 saturated carbocycles. The van der Waals surface area contributed by atoms with Crippen LogP contribution in [0.3, 0.4) is 0 Å². The van der Waals surface area contributed by atoms with E-state index in [-0.39, 0.29) is 17.4 Å². The lowest BCUT2D eigenvalue weighted by Gasteiger charge is -2.43. The van der Waals surface area contributed by atoms with Crippen LogP contribution in [0, 0.1) is 5.92 Å². The van der Waals surface area contributed by atoms with Crippen molar-refractivity contribution in [2.24, 2.45) is 11.7 Å². The van der Waals surface area contributed by atoms with E-state index in [4.69, 9.17) is 17.3 Å². The fourth-order valence-electron chi connectivity index (χ4n) is 4.53. The molecule has 1 heterocycles. The van der Waals surface area contributed by atoms with E-state index in [1.165, 1.54) is 18.4 Å². The summed E-state index contributed by atoms with van der Waals surface area (Å²) in [6.45, 7) is 1.48. The summed E-state index contributed by atoms with van der Waals surface area (Å²) >= 11 is 6.24. The molecule has 2 N–H and O–H groups in total. The van der Waals surface area contributed by atoms with Crippen LogP contribution in [0.5, 0.6) is 0 Å². The van der Waals surface area contributed by atoms with E-state index in [0.29, 0.717) is 18.0 Å². The second-order valence-electron chi connectivity index (χ2n) is 8.37. The van der Waals surface area contributed by atoms with Gasteiger partial charge in [0, 0.05) is 42.0 Å². The molecule has 28 heavy (non-hydrogen) atoms. The predicted octanol–water partition coefficient (Wildman–Crippen LogP) is 4.43. The standard InChI is InChI=1S/C23H28ClN3O/c24-20-5-1-4-19(13-20)23(16-25)10-8-21(9-11-23)27(15-17-6-7-17)22(28)18-3-2-12-26-14-18/h1-5,12-14,17,21H,6-11,15-16,25H2/t21-,23-. The van der Waals surface area contributed by atoms with Crippen molar-refractivity contribution in [1.82, 2.24) is 9.88 Å². The maximum absolute atomic E-state index is 13.2. The van der Waals surface area contributed by atoms with Crippen LogP contribution in [0.15, 0.2) is 48.8 Å². The number of aromatic nitrogens is 1. The smallest absolute Gasteiger partial charge is 0.255 e. The first-order valence-electron chi connectivity index (χ1n) is 10.3. The maximum Gasteiger partial charge on any atom is 0.255 e. The number of pyridine rings is 1. The third-order valence-corrected chi connectivity index (χ3v) is 6.74. The van der Waals surface area contributed by atoms with Crippen LogP contribution in [0.2, 0.25) is 5.02 Å². The zero-order chi connectivity index (χ0) is 19.6. The van der Waals surface area contributed by atoms with Gasteiger partial charge in [0.25, 0.3) is 5.91 Å². The van der Waals surface area contributed by atoms with Gasteiger partial charge in [0.1, 0.15) is 0 Å². The van der Waals surface area contributed by atoms with E-state index >= 15 is 0 Å². The fraction of sp³-hybridized carbons (Fsp3) is 0.478. The molecule has 148 valence electrons. The molecule has 4 rings (SSSR count). The van der Waals surface area contributed by atoms with Gasteiger partial charge in [-0.05, 0) is 74.3 Å². The van der Waals surface area contributed by atoms with Crippen LogP contribution < -0.4 is 5.73 Å². The van der Waals surface area contributed by atoms with E-state index in [0.717, 1.165) is 37.3 Å². The third kappa shape index (κ3) is 4.08. The highest BCUT2D eigenvalue weighted by Crippen LogP contribution is 2.42. The fourth-order valence-corrected chi connectivity index (χ4v) is 4.72. The summed E-state index contributed by atoms with van der Waals surface area (Å²) in [5.74, 6) is 0.780. The van der Waals surface area contributed by atoms with Crippen LogP contribution in [0.25, 0.3) is 0 Å². The monoisotopic (exact) mass is 397 g/mol. The second-order valence-corrected chi connectivity index (χ2v) is 8.81. The van der Waals surface area contributed by atoms with Crippen molar-refractivity contribution in [1.29, 1.82) is 0 Å². The Morgan fingerprint density at radius 1 is 1.18 bits per heavy atom. The molecule has 0 saturated heterocycles. The molecule has 2 fully saturated rings. The zero-order valence-corrected chi connectivity index (χ0v) is 16.9. The SMILES string of the molecule is NC[C@]1(c2cccc(Cl)c2)CC[C@H](N(CC2CC2)C(=O)c2cccnc2)CC1. The average molecular weight is 398 g/mol. The number of hydrogen-bond acceptors (Lipinski definition) is 3. The number of halogens is 1. The van der Waals surface area contributed by atoms with Gasteiger partial charge >= 0.3 is 0 Å². The molecule has 2 aliphatic carbocycles. The number of hydrogen-bond donors (Lipinski definition) is 1. The van der Waals surface area contributed by atoms with E-state index in [2.05, 4.69) is 22.0 Å². The lowest BCUT2D eigenvalue weighted by molar-refractivity contribution is 0.0581. The van der Waals surface area contributed by atoms with Gasteiger partial charge in [-0.2, -0.15) is 0 Å². The average Bonchev–Trinajstić information content (AvgIpc) is 3.57. The minimum absolute atomic E-state index is 0.0377. The van der Waals surface area contributed by atoms with E-state index in [1.807, 2.05) is 24.3 Å². The second kappa shape index (κ2) is 8.22. The first kappa shape index (κ1) is 19.4. The van der Waals surface area contributed by atoms with Crippen molar-refractivity contribution in [3.05, 3.63) is 64.9 Å². The van der Waals surface area contributed by atoms with Crippen LogP contribution in [0.4, 0.5) is 0 Å². The van der Waals surface area contributed by atoms with Crippen molar-refractivity contribution < 1.29 is 4.79 Å². The molecule has 1 amide bonds. The summed E-state index contributed by atoms with van der Waals surface area (Å²) < 4.78 is 0. The molecule has 0 aliphatic heterocycles. The van der Waals surface area contributed by atoms with Crippen LogP contribution >= 0.6 is 11.6 Å². The quantitative estimate of drug-likeness (QED) is 0.784. The molecular formula is C23H28ClN3O. The number of nitrogens with zero attached hydrogens (tertiary/aromatic N) is 2. The Kier molecular flexibility index (Phi) is 5.70. The van der Waals surface area contributed by atoms with Gasteiger partial charge in [-0.1, -0.05) is 23.7 Å². The Morgan fingerprint density at radius 3 is 2.57 bits per heavy atom. The van der Waals surface area contributed by atoms with Gasteiger partial charge in [0.05, 0.1) is 5.56 Å². The lowest BCUT2D eigenvalue weighted by Crippen LogP contribution is -2.48. The zero-order valence-electron chi connectivity index (χ0n) is 16.2. The van der Waals surface area contributed by atoms with Gasteiger partial charge in [-0.3, -0.25) is 9.78 Å². The van der Waals surface area contributed by atoms with E-state index in [9.17, 15) is 4.79 Å². The highest BCUT2D eigenvalue weighted by atomic mass is 35.5. The lowest BCUT2D eigenvalue weighted by atomic mass is 9.68. The number of carbonyl (C=O) groups excluding carboxylic acids is 1. The Bertz CT molecular complexity index is 814. The minimum Gasteiger partial charge on any atom is -0.335 e. The number of carbonyl (C=O) groups is 1. The first-order chi connectivity index (χ1) is 13.6. The van der Waals surface area contributed by atoms with Crippen molar-refractivity contribution in [2.45, 2.75) is 50.0 Å². The summed E-state index contributed by atoms with van der Waals surface area (Å²) in [7, 11) is 0. The summed E-state index contributed by atoms with van der Waals surface area (Å²) in [4.78, 5) is 19.5. The number of amides is 1. The van der Waals surface area contributed by atoms with Gasteiger partial charge in [-0.15, -0.1) is 0 Å². The normalized spacial score (nSPS) is 24.7. The van der Waals surface area contributed by atoms with Crippen molar-refractivity contribution in [2.75, 3.05) is 13.1 Å². The molecule has 2 aromatic rings.